The van der Waals surface area contributed by atoms with Gasteiger partial charge in [0.25, 0.3) is 0 Å². The maximum atomic E-state index is 12.3. The molecule has 0 saturated carbocycles. The summed E-state index contributed by atoms with van der Waals surface area (Å²) in [5, 5.41) is 0.608. The monoisotopic (exact) mass is 425 g/mol. The van der Waals surface area contributed by atoms with Gasteiger partial charge in [0.1, 0.15) is 0 Å². The molecule has 1 aliphatic rings. The van der Waals surface area contributed by atoms with Crippen LogP contribution in [0.2, 0.25) is 5.02 Å². The third-order valence-electron chi connectivity index (χ3n) is 5.16. The van der Waals surface area contributed by atoms with E-state index in [-0.39, 0.29) is 30.1 Å². The number of hydrogen-bond acceptors (Lipinski definition) is 4. The second-order valence-electron chi connectivity index (χ2n) is 7.26. The minimum Gasteiger partial charge on any atom is -0.465 e. The summed E-state index contributed by atoms with van der Waals surface area (Å²) in [6, 6.07) is 14.4. The van der Waals surface area contributed by atoms with Gasteiger partial charge in [-0.25, -0.2) is 4.79 Å². The van der Waals surface area contributed by atoms with E-state index in [9.17, 15) is 14.4 Å². The summed E-state index contributed by atoms with van der Waals surface area (Å²) in [6.45, 7) is 0.563. The second-order valence-corrected chi connectivity index (χ2v) is 7.70. The van der Waals surface area contributed by atoms with Gasteiger partial charge in [0.15, 0.2) is 5.78 Å². The first-order chi connectivity index (χ1) is 14.5. The van der Waals surface area contributed by atoms with E-state index in [2.05, 4.69) is 0 Å². The number of rotatable bonds is 8. The molecule has 1 saturated heterocycles. The van der Waals surface area contributed by atoms with Crippen LogP contribution in [0.25, 0.3) is 0 Å². The van der Waals surface area contributed by atoms with Crippen molar-refractivity contribution in [3.8, 4) is 0 Å². The van der Waals surface area contributed by atoms with E-state index in [1.807, 2.05) is 35.2 Å². The van der Waals surface area contributed by atoms with Gasteiger partial charge in [-0.2, -0.15) is 0 Å². The molecule has 6 heteroatoms. The molecule has 1 amide bonds. The molecule has 1 atom stereocenters. The highest BCUT2D eigenvalue weighted by Gasteiger charge is 2.28. The SMILES string of the molecule is COC(=O)c1ccc(CCN2C(=O)CCC2C=CC(=O)Cc2cccc(Cl)c2)cc1. The molecule has 0 bridgehead atoms. The Morgan fingerprint density at radius 1 is 1.17 bits per heavy atom. The summed E-state index contributed by atoms with van der Waals surface area (Å²) in [5.41, 5.74) is 2.39. The fraction of sp³-hybridized carbons (Fsp3) is 0.292. The van der Waals surface area contributed by atoms with Crippen LogP contribution in [0.1, 0.15) is 34.3 Å². The summed E-state index contributed by atoms with van der Waals surface area (Å²) in [4.78, 5) is 37.9. The molecule has 156 valence electrons. The molecule has 0 aliphatic carbocycles. The van der Waals surface area contributed by atoms with Crippen LogP contribution in [0, 0.1) is 0 Å². The second kappa shape index (κ2) is 10.2. The van der Waals surface area contributed by atoms with Gasteiger partial charge in [-0.3, -0.25) is 9.59 Å². The first-order valence-corrected chi connectivity index (χ1v) is 10.3. The van der Waals surface area contributed by atoms with Crippen molar-refractivity contribution >= 4 is 29.3 Å². The van der Waals surface area contributed by atoms with E-state index in [4.69, 9.17) is 16.3 Å². The van der Waals surface area contributed by atoms with Crippen molar-refractivity contribution in [2.75, 3.05) is 13.7 Å². The number of esters is 1. The van der Waals surface area contributed by atoms with Crippen LogP contribution in [0.15, 0.2) is 60.7 Å². The van der Waals surface area contributed by atoms with Crippen LogP contribution in [0.4, 0.5) is 0 Å². The summed E-state index contributed by atoms with van der Waals surface area (Å²) < 4.78 is 4.70. The molecule has 0 N–H and O–H groups in total. The van der Waals surface area contributed by atoms with Crippen molar-refractivity contribution in [3.63, 3.8) is 0 Å². The van der Waals surface area contributed by atoms with Crippen LogP contribution >= 0.6 is 11.6 Å². The van der Waals surface area contributed by atoms with Gasteiger partial charge >= 0.3 is 5.97 Å². The van der Waals surface area contributed by atoms with E-state index < -0.39 is 0 Å². The lowest BCUT2D eigenvalue weighted by Crippen LogP contribution is -2.33. The number of halogens is 1. The zero-order valence-corrected chi connectivity index (χ0v) is 17.6. The molecular weight excluding hydrogens is 402 g/mol. The van der Waals surface area contributed by atoms with E-state index in [1.165, 1.54) is 7.11 Å². The highest BCUT2D eigenvalue weighted by molar-refractivity contribution is 6.30. The number of likely N-dealkylation sites (tertiary alicyclic amines) is 1. The predicted molar refractivity (Wildman–Crippen MR) is 116 cm³/mol. The van der Waals surface area contributed by atoms with Gasteiger partial charge in [0, 0.05) is 24.4 Å². The van der Waals surface area contributed by atoms with Gasteiger partial charge < -0.3 is 9.64 Å². The van der Waals surface area contributed by atoms with E-state index >= 15 is 0 Å². The first kappa shape index (κ1) is 21.8. The summed E-state index contributed by atoms with van der Waals surface area (Å²) in [6.07, 6.45) is 5.55. The number of carbonyl (C=O) groups is 3. The minimum absolute atomic E-state index is 0.0186. The summed E-state index contributed by atoms with van der Waals surface area (Å²) in [7, 11) is 1.35. The molecule has 2 aromatic carbocycles. The molecular formula is C24H24ClNO4. The molecule has 2 aromatic rings. The number of hydrogen-bond donors (Lipinski definition) is 0. The highest BCUT2D eigenvalue weighted by Crippen LogP contribution is 2.21. The Kier molecular flexibility index (Phi) is 7.41. The number of nitrogens with zero attached hydrogens (tertiary/aromatic N) is 1. The number of methoxy groups -OCH3 is 1. The molecule has 1 unspecified atom stereocenters. The van der Waals surface area contributed by atoms with Crippen LogP contribution in [0.3, 0.4) is 0 Å². The standard InChI is InChI=1S/C24H24ClNO4/c1-30-24(29)19-7-5-17(6-8-19)13-14-26-21(10-12-23(26)28)9-11-22(27)16-18-3-2-4-20(25)15-18/h2-9,11,15,21H,10,12-14,16H2,1H3. The predicted octanol–water partition coefficient (Wildman–Crippen LogP) is 4.03. The van der Waals surface area contributed by atoms with Gasteiger partial charge in [0.2, 0.25) is 5.91 Å². The highest BCUT2D eigenvalue weighted by atomic mass is 35.5. The normalized spacial score (nSPS) is 16.3. The van der Waals surface area contributed by atoms with E-state index in [1.54, 1.807) is 30.3 Å². The summed E-state index contributed by atoms with van der Waals surface area (Å²) in [5.74, 6) is -0.294. The first-order valence-electron chi connectivity index (χ1n) is 9.88. The maximum Gasteiger partial charge on any atom is 0.337 e. The molecule has 1 heterocycles. The average molecular weight is 426 g/mol. The van der Waals surface area contributed by atoms with Gasteiger partial charge in [-0.05, 0) is 54.3 Å². The van der Waals surface area contributed by atoms with Crippen molar-refractivity contribution in [3.05, 3.63) is 82.4 Å². The Balaban J connectivity index is 1.56. The number of allylic oxidation sites excluding steroid dienone is 1. The van der Waals surface area contributed by atoms with Gasteiger partial charge in [-0.15, -0.1) is 0 Å². The fourth-order valence-electron chi connectivity index (χ4n) is 3.55. The molecule has 30 heavy (non-hydrogen) atoms. The van der Waals surface area contributed by atoms with Crippen molar-refractivity contribution in [2.45, 2.75) is 31.7 Å². The number of amides is 1. The Hall–Kier alpha value is -2.92. The number of ketones is 1. The van der Waals surface area contributed by atoms with Gasteiger partial charge in [-0.1, -0.05) is 41.9 Å². The van der Waals surface area contributed by atoms with Crippen LogP contribution in [-0.4, -0.2) is 42.3 Å². The third kappa shape index (κ3) is 5.80. The van der Waals surface area contributed by atoms with Crippen molar-refractivity contribution in [2.24, 2.45) is 0 Å². The van der Waals surface area contributed by atoms with Crippen molar-refractivity contribution in [1.29, 1.82) is 0 Å². The molecule has 0 spiro atoms. The lowest BCUT2D eigenvalue weighted by Gasteiger charge is -2.22. The minimum atomic E-state index is -0.371. The Morgan fingerprint density at radius 3 is 2.63 bits per heavy atom. The number of ether oxygens (including phenoxy) is 1. The van der Waals surface area contributed by atoms with Gasteiger partial charge in [0.05, 0.1) is 18.7 Å². The lowest BCUT2D eigenvalue weighted by molar-refractivity contribution is -0.128. The number of benzene rings is 2. The largest absolute Gasteiger partial charge is 0.465 e. The Morgan fingerprint density at radius 2 is 1.93 bits per heavy atom. The van der Waals surface area contributed by atoms with Crippen LogP contribution in [0.5, 0.6) is 0 Å². The molecule has 5 nitrogen and oxygen atoms in total. The zero-order valence-electron chi connectivity index (χ0n) is 16.8. The summed E-state index contributed by atoms with van der Waals surface area (Å²) >= 11 is 5.96. The quantitative estimate of drug-likeness (QED) is 0.473. The lowest BCUT2D eigenvalue weighted by atomic mass is 10.1. The van der Waals surface area contributed by atoms with Crippen LogP contribution in [-0.2, 0) is 27.2 Å². The molecule has 0 aromatic heterocycles. The van der Waals surface area contributed by atoms with Crippen LogP contribution < -0.4 is 0 Å². The van der Waals surface area contributed by atoms with Crippen molar-refractivity contribution in [1.82, 2.24) is 4.90 Å². The molecule has 0 radical (unpaired) electrons. The molecule has 3 rings (SSSR count). The average Bonchev–Trinajstić information content (AvgIpc) is 3.10. The third-order valence-corrected chi connectivity index (χ3v) is 5.40. The molecule has 1 aliphatic heterocycles. The van der Waals surface area contributed by atoms with E-state index in [0.29, 0.717) is 36.4 Å². The fourth-order valence-corrected chi connectivity index (χ4v) is 3.76. The van der Waals surface area contributed by atoms with Crippen molar-refractivity contribution < 1.29 is 19.1 Å². The smallest absolute Gasteiger partial charge is 0.337 e. The number of carbonyl (C=O) groups excluding carboxylic acids is 3. The zero-order chi connectivity index (χ0) is 21.5. The molecule has 1 fully saturated rings. The Labute approximate surface area is 181 Å². The Bertz CT molecular complexity index is 952. The topological polar surface area (TPSA) is 63.7 Å². The van der Waals surface area contributed by atoms with E-state index in [0.717, 1.165) is 11.1 Å². The maximum absolute atomic E-state index is 12.3.